The topological polar surface area (TPSA) is 66.0 Å². The molecule has 0 spiro atoms. The molecule has 2 rings (SSSR count). The number of nitrogen functional groups attached to an aromatic ring is 1. The van der Waals surface area contributed by atoms with E-state index >= 15 is 0 Å². The number of nitrogens with one attached hydrogen (secondary N) is 1. The van der Waals surface area contributed by atoms with Gasteiger partial charge in [0.2, 0.25) is 0 Å². The van der Waals surface area contributed by atoms with E-state index in [1.165, 1.54) is 12.1 Å². The highest BCUT2D eigenvalue weighted by molar-refractivity contribution is 6.08. The molecule has 0 saturated carbocycles. The lowest BCUT2D eigenvalue weighted by Crippen LogP contribution is -2.15. The van der Waals surface area contributed by atoms with Gasteiger partial charge in [0.15, 0.2) is 0 Å². The summed E-state index contributed by atoms with van der Waals surface area (Å²) in [4.78, 5) is 6.26. The molecular formula is C13H15FN4. The van der Waals surface area contributed by atoms with Crippen LogP contribution in [0.4, 0.5) is 10.1 Å². The molecule has 0 aliphatic heterocycles. The predicted octanol–water partition coefficient (Wildman–Crippen LogP) is 2.03. The summed E-state index contributed by atoms with van der Waals surface area (Å²) >= 11 is 0. The van der Waals surface area contributed by atoms with Gasteiger partial charge in [-0.3, -0.25) is 10.4 Å². The molecule has 94 valence electrons. The molecule has 0 bridgehead atoms. The van der Waals surface area contributed by atoms with Crippen molar-refractivity contribution in [3.8, 4) is 0 Å². The second-order valence-electron chi connectivity index (χ2n) is 4.44. The molecule has 0 amide bonds. The molecule has 1 heterocycles. The van der Waals surface area contributed by atoms with E-state index in [9.17, 15) is 4.39 Å². The van der Waals surface area contributed by atoms with Crippen LogP contribution in [0.25, 0.3) is 10.9 Å². The normalized spacial score (nSPS) is 10.7. The molecule has 3 N–H and O–H groups in total. The van der Waals surface area contributed by atoms with Gasteiger partial charge in [-0.25, -0.2) is 4.39 Å². The summed E-state index contributed by atoms with van der Waals surface area (Å²) in [6, 6.07) is 4.55. The van der Waals surface area contributed by atoms with Crippen molar-refractivity contribution in [2.24, 2.45) is 5.73 Å². The van der Waals surface area contributed by atoms with Crippen LogP contribution in [0.3, 0.4) is 0 Å². The first-order valence-electron chi connectivity index (χ1n) is 5.52. The van der Waals surface area contributed by atoms with Crippen molar-refractivity contribution >= 4 is 22.4 Å². The van der Waals surface area contributed by atoms with Crippen molar-refractivity contribution in [2.75, 3.05) is 19.0 Å². The van der Waals surface area contributed by atoms with Gasteiger partial charge in [0.1, 0.15) is 11.7 Å². The molecule has 5 heteroatoms. The monoisotopic (exact) mass is 246 g/mol. The Labute approximate surface area is 105 Å². The standard InChI is InChI=1S/C13H15FN4/c1-7-4-11(18(2)3)9-5-8(14)6-10(13(15)16)12(9)17-7/h4-6H,1-3H3,(H3,15,16). The van der Waals surface area contributed by atoms with Crippen LogP contribution in [0.2, 0.25) is 0 Å². The fourth-order valence-corrected chi connectivity index (χ4v) is 1.97. The smallest absolute Gasteiger partial charge is 0.125 e. The van der Waals surface area contributed by atoms with Gasteiger partial charge in [0.25, 0.3) is 0 Å². The number of amidine groups is 1. The summed E-state index contributed by atoms with van der Waals surface area (Å²) in [5.74, 6) is -0.594. The number of nitrogens with zero attached hydrogens (tertiary/aromatic N) is 2. The lowest BCUT2D eigenvalue weighted by molar-refractivity contribution is 0.629. The maximum atomic E-state index is 13.6. The highest BCUT2D eigenvalue weighted by Crippen LogP contribution is 2.28. The minimum Gasteiger partial charge on any atom is -0.384 e. The van der Waals surface area contributed by atoms with Gasteiger partial charge >= 0.3 is 0 Å². The van der Waals surface area contributed by atoms with Crippen LogP contribution < -0.4 is 10.6 Å². The third kappa shape index (κ3) is 1.99. The van der Waals surface area contributed by atoms with Crippen molar-refractivity contribution in [3.63, 3.8) is 0 Å². The average Bonchev–Trinajstić information content (AvgIpc) is 2.27. The molecule has 0 atom stereocenters. The molecule has 0 unspecified atom stereocenters. The highest BCUT2D eigenvalue weighted by Gasteiger charge is 2.13. The minimum atomic E-state index is -0.415. The van der Waals surface area contributed by atoms with Crippen molar-refractivity contribution in [3.05, 3.63) is 35.3 Å². The molecule has 4 nitrogen and oxygen atoms in total. The third-order valence-corrected chi connectivity index (χ3v) is 2.76. The zero-order valence-corrected chi connectivity index (χ0v) is 10.6. The zero-order chi connectivity index (χ0) is 13.4. The van der Waals surface area contributed by atoms with E-state index in [0.717, 1.165) is 11.4 Å². The number of hydrogen-bond acceptors (Lipinski definition) is 3. The first-order chi connectivity index (χ1) is 8.40. The average molecular weight is 246 g/mol. The molecule has 1 aromatic heterocycles. The first kappa shape index (κ1) is 12.3. The van der Waals surface area contributed by atoms with E-state index in [1.54, 1.807) is 0 Å². The fourth-order valence-electron chi connectivity index (χ4n) is 1.97. The number of fused-ring (bicyclic) bond motifs is 1. The molecule has 0 aliphatic rings. The third-order valence-electron chi connectivity index (χ3n) is 2.76. The van der Waals surface area contributed by atoms with E-state index in [-0.39, 0.29) is 5.84 Å². The quantitative estimate of drug-likeness (QED) is 0.629. The second kappa shape index (κ2) is 4.25. The Hall–Kier alpha value is -2.17. The summed E-state index contributed by atoms with van der Waals surface area (Å²) in [5.41, 5.74) is 8.05. The highest BCUT2D eigenvalue weighted by atomic mass is 19.1. The summed E-state index contributed by atoms with van der Waals surface area (Å²) < 4.78 is 13.6. The Morgan fingerprint density at radius 2 is 2.00 bits per heavy atom. The molecule has 1 aromatic carbocycles. The van der Waals surface area contributed by atoms with E-state index in [1.807, 2.05) is 32.0 Å². The fraction of sp³-hybridized carbons (Fsp3) is 0.231. The van der Waals surface area contributed by atoms with Crippen LogP contribution in [-0.4, -0.2) is 24.9 Å². The van der Waals surface area contributed by atoms with Gasteiger partial charge in [-0.05, 0) is 25.1 Å². The molecule has 0 radical (unpaired) electrons. The molecule has 0 saturated heterocycles. The molecule has 0 aliphatic carbocycles. The van der Waals surface area contributed by atoms with Crippen molar-refractivity contribution in [1.29, 1.82) is 5.41 Å². The summed E-state index contributed by atoms with van der Waals surface area (Å²) in [5, 5.41) is 8.18. The number of anilines is 1. The van der Waals surface area contributed by atoms with Crippen LogP contribution in [-0.2, 0) is 0 Å². The zero-order valence-electron chi connectivity index (χ0n) is 10.6. The Bertz CT molecular complexity index is 634. The number of benzene rings is 1. The Kier molecular flexibility index (Phi) is 2.90. The van der Waals surface area contributed by atoms with Gasteiger partial charge in [0, 0.05) is 36.4 Å². The maximum Gasteiger partial charge on any atom is 0.125 e. The molecule has 0 fully saturated rings. The number of pyridine rings is 1. The minimum absolute atomic E-state index is 0.178. The van der Waals surface area contributed by atoms with Crippen molar-refractivity contribution < 1.29 is 4.39 Å². The van der Waals surface area contributed by atoms with E-state index in [2.05, 4.69) is 4.98 Å². The second-order valence-corrected chi connectivity index (χ2v) is 4.44. The number of aryl methyl sites for hydroxylation is 1. The van der Waals surface area contributed by atoms with Crippen LogP contribution >= 0.6 is 0 Å². The van der Waals surface area contributed by atoms with Gasteiger partial charge in [-0.1, -0.05) is 0 Å². The van der Waals surface area contributed by atoms with E-state index in [0.29, 0.717) is 16.5 Å². The Morgan fingerprint density at radius 1 is 1.33 bits per heavy atom. The summed E-state index contributed by atoms with van der Waals surface area (Å²) in [6.45, 7) is 1.86. The van der Waals surface area contributed by atoms with Crippen LogP contribution in [0.1, 0.15) is 11.3 Å². The van der Waals surface area contributed by atoms with Crippen LogP contribution in [0.15, 0.2) is 18.2 Å². The van der Waals surface area contributed by atoms with Crippen molar-refractivity contribution in [1.82, 2.24) is 4.98 Å². The number of rotatable bonds is 2. The lowest BCUT2D eigenvalue weighted by Gasteiger charge is -2.17. The van der Waals surface area contributed by atoms with Gasteiger partial charge in [0.05, 0.1) is 5.52 Å². The number of hydrogen-bond donors (Lipinski definition) is 2. The summed E-state index contributed by atoms with van der Waals surface area (Å²) in [6.07, 6.45) is 0. The summed E-state index contributed by atoms with van der Waals surface area (Å²) in [7, 11) is 3.76. The largest absolute Gasteiger partial charge is 0.384 e. The van der Waals surface area contributed by atoms with Gasteiger partial charge in [-0.2, -0.15) is 0 Å². The van der Waals surface area contributed by atoms with E-state index < -0.39 is 5.82 Å². The molecular weight excluding hydrogens is 231 g/mol. The molecule has 2 aromatic rings. The molecule has 18 heavy (non-hydrogen) atoms. The number of aromatic nitrogens is 1. The van der Waals surface area contributed by atoms with Crippen LogP contribution in [0.5, 0.6) is 0 Å². The van der Waals surface area contributed by atoms with Gasteiger partial charge < -0.3 is 10.6 Å². The SMILES string of the molecule is Cc1cc(N(C)C)c2cc(F)cc(C(=N)N)c2n1. The van der Waals surface area contributed by atoms with Crippen molar-refractivity contribution in [2.45, 2.75) is 6.92 Å². The van der Waals surface area contributed by atoms with E-state index in [4.69, 9.17) is 11.1 Å². The maximum absolute atomic E-state index is 13.6. The predicted molar refractivity (Wildman–Crippen MR) is 71.8 cm³/mol. The Balaban J connectivity index is 2.94. The Morgan fingerprint density at radius 3 is 2.56 bits per heavy atom. The first-order valence-corrected chi connectivity index (χ1v) is 5.52. The van der Waals surface area contributed by atoms with Gasteiger partial charge in [-0.15, -0.1) is 0 Å². The van der Waals surface area contributed by atoms with Crippen LogP contribution in [0, 0.1) is 18.2 Å². The number of nitrogens with two attached hydrogens (primary N) is 1. The lowest BCUT2D eigenvalue weighted by atomic mass is 10.1. The number of halogens is 1.